The molecule has 1 heterocycles. The first-order valence-corrected chi connectivity index (χ1v) is 11.2. The molecule has 3 rings (SSSR count). The lowest BCUT2D eigenvalue weighted by atomic mass is 9.94. The van der Waals surface area contributed by atoms with E-state index in [4.69, 9.17) is 14.2 Å². The van der Waals surface area contributed by atoms with Gasteiger partial charge in [-0.05, 0) is 62.5 Å². The second-order valence-electron chi connectivity index (χ2n) is 8.49. The van der Waals surface area contributed by atoms with Crippen molar-refractivity contribution in [2.45, 2.75) is 13.0 Å². The Kier molecular flexibility index (Phi) is 8.19. The zero-order valence-electron chi connectivity index (χ0n) is 20.8. The number of hydrogen-bond donors (Lipinski definition) is 1. The Morgan fingerprint density at radius 2 is 1.77 bits per heavy atom. The maximum absolute atomic E-state index is 13.2. The number of Topliss-reactive ketones (excluding diaryl/α,β-unsaturated/α-hetero) is 1. The molecule has 8 heteroatoms. The SMILES string of the molecule is C=CCOc1ccc(C(O)=C2C(=O)C(=O)N(CCN(C)C)[C@H]2c2ccc(OC)c(OC)c2)cc1C. The number of likely N-dealkylation sites (N-methyl/N-ethyl adjacent to an activating group) is 1. The van der Waals surface area contributed by atoms with Gasteiger partial charge in [0.1, 0.15) is 18.1 Å². The maximum atomic E-state index is 13.2. The number of aliphatic hydroxyl groups excluding tert-OH is 1. The monoisotopic (exact) mass is 480 g/mol. The summed E-state index contributed by atoms with van der Waals surface area (Å²) in [4.78, 5) is 29.7. The summed E-state index contributed by atoms with van der Waals surface area (Å²) in [5.74, 6) is -0.00491. The van der Waals surface area contributed by atoms with Crippen LogP contribution in [0.5, 0.6) is 17.2 Å². The van der Waals surface area contributed by atoms with Crippen molar-refractivity contribution < 1.29 is 28.9 Å². The molecule has 1 atom stereocenters. The summed E-state index contributed by atoms with van der Waals surface area (Å²) >= 11 is 0. The lowest BCUT2D eigenvalue weighted by Crippen LogP contribution is -2.35. The van der Waals surface area contributed by atoms with Gasteiger partial charge >= 0.3 is 0 Å². The van der Waals surface area contributed by atoms with Crippen LogP contribution in [0.3, 0.4) is 0 Å². The minimum atomic E-state index is -0.785. The number of ketones is 1. The van der Waals surface area contributed by atoms with Gasteiger partial charge in [-0.2, -0.15) is 0 Å². The molecular formula is C27H32N2O6. The van der Waals surface area contributed by atoms with Crippen molar-refractivity contribution in [3.63, 3.8) is 0 Å². The van der Waals surface area contributed by atoms with E-state index in [2.05, 4.69) is 6.58 Å². The molecule has 2 aromatic carbocycles. The van der Waals surface area contributed by atoms with Crippen LogP contribution in [0.15, 0.2) is 54.6 Å². The standard InChI is InChI=1S/C27H32N2O6/c1-7-14-35-20-10-9-19(15-17(20)2)25(30)23-24(18-8-11-21(33-5)22(16-18)34-6)29(13-12-28(3)4)27(32)26(23)31/h7-11,15-16,24,30H,1,12-14H2,2-6H3/t24-/m0/s1. The van der Waals surface area contributed by atoms with Gasteiger partial charge < -0.3 is 29.1 Å². The summed E-state index contributed by atoms with van der Waals surface area (Å²) in [6.07, 6.45) is 1.64. The third-order valence-electron chi connectivity index (χ3n) is 5.86. The Labute approximate surface area is 206 Å². The minimum absolute atomic E-state index is 0.0279. The number of hydrogen-bond acceptors (Lipinski definition) is 7. The molecule has 1 fully saturated rings. The zero-order valence-corrected chi connectivity index (χ0v) is 20.8. The fourth-order valence-corrected chi connectivity index (χ4v) is 4.05. The molecule has 0 bridgehead atoms. The van der Waals surface area contributed by atoms with Gasteiger partial charge in [0, 0.05) is 18.7 Å². The van der Waals surface area contributed by atoms with Crippen LogP contribution in [0.2, 0.25) is 0 Å². The summed E-state index contributed by atoms with van der Waals surface area (Å²) < 4.78 is 16.4. The van der Waals surface area contributed by atoms with Gasteiger partial charge in [-0.15, -0.1) is 0 Å². The number of amides is 1. The fraction of sp³-hybridized carbons (Fsp3) is 0.333. The van der Waals surface area contributed by atoms with Crippen molar-refractivity contribution in [3.05, 3.63) is 71.3 Å². The van der Waals surface area contributed by atoms with Crippen LogP contribution in [-0.2, 0) is 9.59 Å². The summed E-state index contributed by atoms with van der Waals surface area (Å²) in [7, 11) is 6.83. The Morgan fingerprint density at radius 3 is 2.37 bits per heavy atom. The Morgan fingerprint density at radius 1 is 1.09 bits per heavy atom. The maximum Gasteiger partial charge on any atom is 0.295 e. The number of ether oxygens (including phenoxy) is 3. The number of carbonyl (C=O) groups is 2. The molecule has 1 N–H and O–H groups in total. The number of likely N-dealkylation sites (tertiary alicyclic amines) is 1. The van der Waals surface area contributed by atoms with E-state index in [1.165, 1.54) is 19.1 Å². The molecule has 0 spiro atoms. The zero-order chi connectivity index (χ0) is 25.7. The highest BCUT2D eigenvalue weighted by Gasteiger charge is 2.46. The number of aliphatic hydroxyl groups is 1. The highest BCUT2D eigenvalue weighted by atomic mass is 16.5. The molecule has 35 heavy (non-hydrogen) atoms. The van der Waals surface area contributed by atoms with E-state index in [9.17, 15) is 14.7 Å². The molecule has 2 aromatic rings. The molecule has 8 nitrogen and oxygen atoms in total. The van der Waals surface area contributed by atoms with Crippen LogP contribution in [-0.4, -0.2) is 74.6 Å². The van der Waals surface area contributed by atoms with Gasteiger partial charge in [0.15, 0.2) is 11.5 Å². The molecule has 1 aliphatic heterocycles. The van der Waals surface area contributed by atoms with Crippen LogP contribution in [0.25, 0.3) is 5.76 Å². The highest BCUT2D eigenvalue weighted by Crippen LogP contribution is 2.42. The van der Waals surface area contributed by atoms with Crippen molar-refractivity contribution in [1.82, 2.24) is 9.80 Å². The third kappa shape index (κ3) is 5.33. The quantitative estimate of drug-likeness (QED) is 0.241. The number of rotatable bonds is 10. The Balaban J connectivity index is 2.15. The topological polar surface area (TPSA) is 88.5 Å². The first-order valence-electron chi connectivity index (χ1n) is 11.2. The summed E-state index contributed by atoms with van der Waals surface area (Å²) in [5.41, 5.74) is 1.86. The number of benzene rings is 2. The summed E-state index contributed by atoms with van der Waals surface area (Å²) in [5, 5.41) is 11.3. The Hall–Kier alpha value is -3.78. The highest BCUT2D eigenvalue weighted by molar-refractivity contribution is 6.46. The van der Waals surface area contributed by atoms with Crippen LogP contribution in [0.4, 0.5) is 0 Å². The lowest BCUT2D eigenvalue weighted by Gasteiger charge is -2.27. The second kappa shape index (κ2) is 11.1. The van der Waals surface area contributed by atoms with Gasteiger partial charge in [-0.1, -0.05) is 18.7 Å². The first kappa shape index (κ1) is 25.8. The van der Waals surface area contributed by atoms with Crippen LogP contribution in [0.1, 0.15) is 22.7 Å². The van der Waals surface area contributed by atoms with E-state index in [1.807, 2.05) is 25.9 Å². The van der Waals surface area contributed by atoms with Crippen molar-refractivity contribution >= 4 is 17.4 Å². The molecule has 0 saturated carbocycles. The van der Waals surface area contributed by atoms with Gasteiger partial charge in [-0.25, -0.2) is 0 Å². The van der Waals surface area contributed by atoms with Crippen molar-refractivity contribution in [3.8, 4) is 17.2 Å². The number of aryl methyl sites for hydroxylation is 1. The second-order valence-corrected chi connectivity index (χ2v) is 8.49. The van der Waals surface area contributed by atoms with Gasteiger partial charge in [-0.3, -0.25) is 9.59 Å². The largest absolute Gasteiger partial charge is 0.507 e. The number of nitrogens with zero attached hydrogens (tertiary/aromatic N) is 2. The van der Waals surface area contributed by atoms with Gasteiger partial charge in [0.2, 0.25) is 0 Å². The predicted molar refractivity (Wildman–Crippen MR) is 134 cm³/mol. The van der Waals surface area contributed by atoms with Crippen LogP contribution in [0, 0.1) is 6.92 Å². The molecule has 0 aromatic heterocycles. The molecule has 1 amide bonds. The molecule has 1 aliphatic rings. The van der Waals surface area contributed by atoms with E-state index in [0.717, 1.165) is 5.56 Å². The minimum Gasteiger partial charge on any atom is -0.507 e. The van der Waals surface area contributed by atoms with E-state index in [-0.39, 0.29) is 11.3 Å². The Bertz CT molecular complexity index is 1150. The molecule has 1 saturated heterocycles. The van der Waals surface area contributed by atoms with Crippen LogP contribution >= 0.6 is 0 Å². The molecule has 186 valence electrons. The van der Waals surface area contributed by atoms with E-state index in [1.54, 1.807) is 42.5 Å². The van der Waals surface area contributed by atoms with Gasteiger partial charge in [0.25, 0.3) is 11.7 Å². The fourth-order valence-electron chi connectivity index (χ4n) is 4.05. The normalized spacial score (nSPS) is 17.1. The lowest BCUT2D eigenvalue weighted by molar-refractivity contribution is -0.140. The smallest absolute Gasteiger partial charge is 0.295 e. The van der Waals surface area contributed by atoms with E-state index in [0.29, 0.717) is 48.1 Å². The predicted octanol–water partition coefficient (Wildman–Crippen LogP) is 3.56. The van der Waals surface area contributed by atoms with Crippen LogP contribution < -0.4 is 14.2 Å². The summed E-state index contributed by atoms with van der Waals surface area (Å²) in [6, 6.07) is 9.55. The van der Waals surface area contributed by atoms with E-state index < -0.39 is 17.7 Å². The number of methoxy groups -OCH3 is 2. The number of carbonyl (C=O) groups excluding carboxylic acids is 2. The third-order valence-corrected chi connectivity index (χ3v) is 5.86. The molecule has 0 aliphatic carbocycles. The van der Waals surface area contributed by atoms with Crippen molar-refractivity contribution in [2.24, 2.45) is 0 Å². The average molecular weight is 481 g/mol. The average Bonchev–Trinajstić information content (AvgIpc) is 3.10. The molecule has 0 radical (unpaired) electrons. The first-order chi connectivity index (χ1) is 16.7. The molecule has 0 unspecified atom stereocenters. The summed E-state index contributed by atoms with van der Waals surface area (Å²) in [6.45, 7) is 6.69. The van der Waals surface area contributed by atoms with E-state index >= 15 is 0 Å². The van der Waals surface area contributed by atoms with Crippen molar-refractivity contribution in [1.29, 1.82) is 0 Å². The molecular weight excluding hydrogens is 448 g/mol. The van der Waals surface area contributed by atoms with Crippen molar-refractivity contribution in [2.75, 3.05) is 48.0 Å². The van der Waals surface area contributed by atoms with Gasteiger partial charge in [0.05, 0.1) is 25.8 Å².